The first kappa shape index (κ1) is 15.6. The van der Waals surface area contributed by atoms with Gasteiger partial charge in [-0.2, -0.15) is 0 Å². The predicted molar refractivity (Wildman–Crippen MR) is 90.6 cm³/mol. The molecular formula is C17H19BrClN. The molecule has 1 atom stereocenters. The second kappa shape index (κ2) is 6.75. The Morgan fingerprint density at radius 3 is 2.15 bits per heavy atom. The van der Waals surface area contributed by atoms with E-state index in [4.69, 9.17) is 11.6 Å². The highest BCUT2D eigenvalue weighted by atomic mass is 79.9. The lowest BCUT2D eigenvalue weighted by atomic mass is 9.96. The summed E-state index contributed by atoms with van der Waals surface area (Å²) in [5.41, 5.74) is 5.15. The predicted octanol–water partition coefficient (Wildman–Crippen LogP) is 5.22. The van der Waals surface area contributed by atoms with E-state index in [0.717, 1.165) is 11.4 Å². The molecule has 3 heteroatoms. The van der Waals surface area contributed by atoms with Crippen LogP contribution in [0, 0.1) is 13.8 Å². The first-order chi connectivity index (χ1) is 9.51. The van der Waals surface area contributed by atoms with E-state index in [9.17, 15) is 0 Å². The Bertz CT molecular complexity index is 569. The molecule has 2 aromatic rings. The summed E-state index contributed by atoms with van der Waals surface area (Å²) in [5.74, 6) is 0. The topological polar surface area (TPSA) is 12.0 Å². The number of hydrogen-bond donors (Lipinski definition) is 1. The van der Waals surface area contributed by atoms with Crippen molar-refractivity contribution in [2.45, 2.75) is 26.3 Å². The largest absolute Gasteiger partial charge is 0.313 e. The van der Waals surface area contributed by atoms with Crippen LogP contribution in [0.1, 0.15) is 28.3 Å². The molecule has 2 aromatic carbocycles. The first-order valence-electron chi connectivity index (χ1n) is 6.69. The van der Waals surface area contributed by atoms with E-state index in [0.29, 0.717) is 6.04 Å². The molecule has 0 amide bonds. The van der Waals surface area contributed by atoms with Crippen molar-refractivity contribution in [1.29, 1.82) is 0 Å². The van der Waals surface area contributed by atoms with Crippen LogP contribution < -0.4 is 5.32 Å². The molecule has 0 aliphatic heterocycles. The van der Waals surface area contributed by atoms with Gasteiger partial charge in [-0.25, -0.2) is 0 Å². The molecule has 0 bridgehead atoms. The monoisotopic (exact) mass is 351 g/mol. The number of hydrogen-bond acceptors (Lipinski definition) is 1. The fraction of sp³-hybridized carbons (Fsp3) is 0.294. The summed E-state index contributed by atoms with van der Waals surface area (Å²) in [6, 6.07) is 12.9. The van der Waals surface area contributed by atoms with Gasteiger partial charge in [0.05, 0.1) is 0 Å². The standard InChI is InChI=1S/C17H19BrClN/c1-11-8-14(9-12(2)17(11)18)16(20-3)10-13-4-6-15(19)7-5-13/h4-9,16,20H,10H2,1-3H3. The molecule has 1 N–H and O–H groups in total. The minimum atomic E-state index is 0.307. The van der Waals surface area contributed by atoms with E-state index in [1.165, 1.54) is 26.7 Å². The molecular weight excluding hydrogens is 334 g/mol. The molecule has 0 aliphatic rings. The Kier molecular flexibility index (Phi) is 5.25. The van der Waals surface area contributed by atoms with Crippen LogP contribution in [0.5, 0.6) is 0 Å². The second-order valence-corrected chi connectivity index (χ2v) is 6.37. The third kappa shape index (κ3) is 3.63. The quantitative estimate of drug-likeness (QED) is 0.795. The Hall–Kier alpha value is -0.830. The maximum absolute atomic E-state index is 5.94. The van der Waals surface area contributed by atoms with Gasteiger partial charge in [-0.05, 0) is 61.7 Å². The van der Waals surface area contributed by atoms with Crippen LogP contribution in [0.3, 0.4) is 0 Å². The Morgan fingerprint density at radius 2 is 1.65 bits per heavy atom. The van der Waals surface area contributed by atoms with Crippen molar-refractivity contribution in [3.63, 3.8) is 0 Å². The molecule has 2 rings (SSSR count). The summed E-state index contributed by atoms with van der Waals surface area (Å²) >= 11 is 9.56. The van der Waals surface area contributed by atoms with Gasteiger partial charge < -0.3 is 5.32 Å². The number of rotatable bonds is 4. The van der Waals surface area contributed by atoms with Crippen molar-refractivity contribution in [2.75, 3.05) is 7.05 Å². The average molecular weight is 353 g/mol. The van der Waals surface area contributed by atoms with Gasteiger partial charge in [-0.1, -0.05) is 51.8 Å². The van der Waals surface area contributed by atoms with Crippen LogP contribution >= 0.6 is 27.5 Å². The minimum absolute atomic E-state index is 0.307. The van der Waals surface area contributed by atoms with E-state index in [-0.39, 0.29) is 0 Å². The van der Waals surface area contributed by atoms with Gasteiger partial charge in [0.2, 0.25) is 0 Å². The summed E-state index contributed by atoms with van der Waals surface area (Å²) < 4.78 is 1.20. The van der Waals surface area contributed by atoms with Crippen molar-refractivity contribution in [3.8, 4) is 0 Å². The molecule has 0 heterocycles. The lowest BCUT2D eigenvalue weighted by Crippen LogP contribution is -2.19. The number of benzene rings is 2. The van der Waals surface area contributed by atoms with Crippen molar-refractivity contribution in [1.82, 2.24) is 5.32 Å². The number of halogens is 2. The summed E-state index contributed by atoms with van der Waals surface area (Å²) in [6.45, 7) is 4.27. The van der Waals surface area contributed by atoms with Gasteiger partial charge in [-0.15, -0.1) is 0 Å². The maximum Gasteiger partial charge on any atom is 0.0406 e. The van der Waals surface area contributed by atoms with Gasteiger partial charge in [-0.3, -0.25) is 0 Å². The molecule has 0 spiro atoms. The third-order valence-corrected chi connectivity index (χ3v) is 5.07. The smallest absolute Gasteiger partial charge is 0.0406 e. The average Bonchev–Trinajstić information content (AvgIpc) is 2.43. The van der Waals surface area contributed by atoms with Crippen LogP contribution in [0.2, 0.25) is 5.02 Å². The first-order valence-corrected chi connectivity index (χ1v) is 7.86. The zero-order chi connectivity index (χ0) is 14.7. The molecule has 0 fully saturated rings. The van der Waals surface area contributed by atoms with Gasteiger partial charge in [0, 0.05) is 15.5 Å². The number of aryl methyl sites for hydroxylation is 2. The zero-order valence-corrected chi connectivity index (χ0v) is 14.3. The fourth-order valence-electron chi connectivity index (χ4n) is 2.42. The van der Waals surface area contributed by atoms with Crippen LogP contribution in [-0.4, -0.2) is 7.05 Å². The Balaban J connectivity index is 2.26. The normalized spacial score (nSPS) is 12.4. The van der Waals surface area contributed by atoms with E-state index >= 15 is 0 Å². The molecule has 1 nitrogen and oxygen atoms in total. The van der Waals surface area contributed by atoms with E-state index in [1.54, 1.807) is 0 Å². The SMILES string of the molecule is CNC(Cc1ccc(Cl)cc1)c1cc(C)c(Br)c(C)c1. The van der Waals surface area contributed by atoms with Gasteiger partial charge in [0.25, 0.3) is 0 Å². The molecule has 0 saturated heterocycles. The highest BCUT2D eigenvalue weighted by Gasteiger charge is 2.12. The fourth-order valence-corrected chi connectivity index (χ4v) is 2.78. The molecule has 0 aliphatic carbocycles. The Labute approximate surface area is 134 Å². The molecule has 0 radical (unpaired) electrons. The lowest BCUT2D eigenvalue weighted by molar-refractivity contribution is 0.591. The van der Waals surface area contributed by atoms with Crippen molar-refractivity contribution < 1.29 is 0 Å². The summed E-state index contributed by atoms with van der Waals surface area (Å²) in [5, 5.41) is 4.19. The minimum Gasteiger partial charge on any atom is -0.313 e. The van der Waals surface area contributed by atoms with E-state index < -0.39 is 0 Å². The lowest BCUT2D eigenvalue weighted by Gasteiger charge is -2.19. The van der Waals surface area contributed by atoms with Crippen molar-refractivity contribution in [3.05, 3.63) is 68.1 Å². The highest BCUT2D eigenvalue weighted by Crippen LogP contribution is 2.27. The van der Waals surface area contributed by atoms with Crippen LogP contribution in [0.15, 0.2) is 40.9 Å². The Morgan fingerprint density at radius 1 is 1.10 bits per heavy atom. The van der Waals surface area contributed by atoms with Gasteiger partial charge >= 0.3 is 0 Å². The molecule has 106 valence electrons. The molecule has 0 saturated carbocycles. The summed E-state index contributed by atoms with van der Waals surface area (Å²) in [7, 11) is 2.01. The second-order valence-electron chi connectivity index (χ2n) is 5.14. The summed E-state index contributed by atoms with van der Waals surface area (Å²) in [4.78, 5) is 0. The zero-order valence-electron chi connectivity index (χ0n) is 12.0. The van der Waals surface area contributed by atoms with Gasteiger partial charge in [0.1, 0.15) is 0 Å². The van der Waals surface area contributed by atoms with Crippen molar-refractivity contribution >= 4 is 27.5 Å². The van der Waals surface area contributed by atoms with Crippen molar-refractivity contribution in [2.24, 2.45) is 0 Å². The maximum atomic E-state index is 5.94. The number of likely N-dealkylation sites (N-methyl/N-ethyl adjacent to an activating group) is 1. The van der Waals surface area contributed by atoms with Crippen LogP contribution in [-0.2, 0) is 6.42 Å². The summed E-state index contributed by atoms with van der Waals surface area (Å²) in [6.07, 6.45) is 0.953. The van der Waals surface area contributed by atoms with Crippen LogP contribution in [0.25, 0.3) is 0 Å². The molecule has 1 unspecified atom stereocenters. The molecule has 0 aromatic heterocycles. The van der Waals surface area contributed by atoms with Crippen LogP contribution in [0.4, 0.5) is 0 Å². The highest BCUT2D eigenvalue weighted by molar-refractivity contribution is 9.10. The van der Waals surface area contributed by atoms with E-state index in [2.05, 4.69) is 59.4 Å². The third-order valence-electron chi connectivity index (χ3n) is 3.56. The molecule has 20 heavy (non-hydrogen) atoms. The van der Waals surface area contributed by atoms with Gasteiger partial charge in [0.15, 0.2) is 0 Å². The van der Waals surface area contributed by atoms with E-state index in [1.807, 2.05) is 19.2 Å². The number of nitrogens with one attached hydrogen (secondary N) is 1.